The Morgan fingerprint density at radius 3 is 2.64 bits per heavy atom. The van der Waals surface area contributed by atoms with Crippen molar-refractivity contribution >= 4 is 28.2 Å². The Morgan fingerprint density at radius 2 is 1.97 bits per heavy atom. The lowest BCUT2D eigenvalue weighted by molar-refractivity contribution is -0.128. The quantitative estimate of drug-likeness (QED) is 0.571. The van der Waals surface area contributed by atoms with Crippen LogP contribution >= 0.6 is 0 Å². The SMILES string of the molecule is CC(=O)N1CC=C(c2cc3c(N[C@H](C)c4cccc(C(F)F)c4F)nc(C)nc3cn2)CC1. The third-order valence-corrected chi connectivity index (χ3v) is 5.79. The lowest BCUT2D eigenvalue weighted by Crippen LogP contribution is -2.32. The van der Waals surface area contributed by atoms with E-state index in [-0.39, 0.29) is 11.5 Å². The van der Waals surface area contributed by atoms with Crippen molar-refractivity contribution in [2.75, 3.05) is 18.4 Å². The molecule has 1 amide bonds. The molecule has 2 aromatic heterocycles. The van der Waals surface area contributed by atoms with E-state index in [4.69, 9.17) is 0 Å². The van der Waals surface area contributed by atoms with Crippen molar-refractivity contribution in [1.29, 1.82) is 0 Å². The molecule has 1 atom stereocenters. The number of pyridine rings is 1. The zero-order valence-corrected chi connectivity index (χ0v) is 18.6. The maximum Gasteiger partial charge on any atom is 0.266 e. The molecule has 4 rings (SSSR count). The molecule has 1 aromatic carbocycles. The van der Waals surface area contributed by atoms with Crippen LogP contribution in [0.15, 0.2) is 36.5 Å². The van der Waals surface area contributed by atoms with E-state index in [1.54, 1.807) is 31.9 Å². The zero-order valence-electron chi connectivity index (χ0n) is 18.6. The molecule has 3 aromatic rings. The Hall–Kier alpha value is -3.49. The van der Waals surface area contributed by atoms with Gasteiger partial charge in [-0.3, -0.25) is 9.78 Å². The van der Waals surface area contributed by atoms with Gasteiger partial charge in [-0.2, -0.15) is 0 Å². The van der Waals surface area contributed by atoms with E-state index in [1.165, 1.54) is 12.1 Å². The Kier molecular flexibility index (Phi) is 6.31. The van der Waals surface area contributed by atoms with Gasteiger partial charge in [0, 0.05) is 31.0 Å². The van der Waals surface area contributed by atoms with Crippen LogP contribution in [0.5, 0.6) is 0 Å². The molecule has 33 heavy (non-hydrogen) atoms. The van der Waals surface area contributed by atoms with Gasteiger partial charge >= 0.3 is 0 Å². The molecule has 0 bridgehead atoms. The number of carbonyl (C=O) groups is 1. The molecule has 0 saturated carbocycles. The molecule has 0 radical (unpaired) electrons. The minimum Gasteiger partial charge on any atom is -0.363 e. The van der Waals surface area contributed by atoms with Crippen LogP contribution in [0, 0.1) is 12.7 Å². The van der Waals surface area contributed by atoms with Crippen LogP contribution in [-0.4, -0.2) is 38.8 Å². The molecule has 3 heterocycles. The Labute approximate surface area is 189 Å². The minimum atomic E-state index is -2.89. The largest absolute Gasteiger partial charge is 0.363 e. The number of amides is 1. The first-order chi connectivity index (χ1) is 15.7. The molecular weight excluding hydrogens is 431 g/mol. The van der Waals surface area contributed by atoms with Gasteiger partial charge < -0.3 is 10.2 Å². The summed E-state index contributed by atoms with van der Waals surface area (Å²) in [6, 6.07) is 5.24. The first-order valence-corrected chi connectivity index (χ1v) is 10.7. The molecule has 0 fully saturated rings. The summed E-state index contributed by atoms with van der Waals surface area (Å²) < 4.78 is 40.9. The second kappa shape index (κ2) is 9.17. The standard InChI is InChI=1S/C24H24F3N5O/c1-13(17-5-4-6-18(22(17)25)23(26)27)29-24-19-11-20(28-12-21(19)30-14(2)31-24)16-7-9-32(10-8-16)15(3)33/h4-7,11-13,23H,8-10H2,1-3H3,(H,29,30,31)/t13-/m1/s1. The lowest BCUT2D eigenvalue weighted by atomic mass is 10.0. The number of alkyl halides is 2. The number of nitrogens with zero attached hydrogens (tertiary/aromatic N) is 4. The second-order valence-corrected chi connectivity index (χ2v) is 8.07. The average molecular weight is 455 g/mol. The second-order valence-electron chi connectivity index (χ2n) is 8.07. The summed E-state index contributed by atoms with van der Waals surface area (Å²) in [6.45, 7) is 6.12. The number of hydrogen-bond acceptors (Lipinski definition) is 5. The van der Waals surface area contributed by atoms with E-state index < -0.39 is 23.8 Å². The van der Waals surface area contributed by atoms with Gasteiger partial charge in [-0.1, -0.05) is 24.3 Å². The molecule has 0 aliphatic carbocycles. The van der Waals surface area contributed by atoms with Crippen LogP contribution < -0.4 is 5.32 Å². The third-order valence-electron chi connectivity index (χ3n) is 5.79. The Balaban J connectivity index is 1.69. The minimum absolute atomic E-state index is 0.0317. The molecule has 0 unspecified atom stereocenters. The first-order valence-electron chi connectivity index (χ1n) is 10.7. The summed E-state index contributed by atoms with van der Waals surface area (Å²) in [4.78, 5) is 26.8. The highest BCUT2D eigenvalue weighted by atomic mass is 19.3. The van der Waals surface area contributed by atoms with Gasteiger partial charge in [-0.15, -0.1) is 0 Å². The van der Waals surface area contributed by atoms with Crippen molar-refractivity contribution in [2.24, 2.45) is 0 Å². The van der Waals surface area contributed by atoms with Gasteiger partial charge in [-0.25, -0.2) is 23.1 Å². The molecule has 1 N–H and O–H groups in total. The topological polar surface area (TPSA) is 71.0 Å². The Bertz CT molecular complexity index is 1240. The van der Waals surface area contributed by atoms with Crippen LogP contribution in [0.2, 0.25) is 0 Å². The van der Waals surface area contributed by atoms with Crippen LogP contribution in [0.4, 0.5) is 19.0 Å². The molecule has 1 aliphatic rings. The van der Waals surface area contributed by atoms with Gasteiger partial charge in [0.25, 0.3) is 6.43 Å². The van der Waals surface area contributed by atoms with Crippen molar-refractivity contribution in [3.63, 3.8) is 0 Å². The molecule has 1 aliphatic heterocycles. The number of halogens is 3. The molecular formula is C24H24F3N5O. The number of nitrogens with one attached hydrogen (secondary N) is 1. The highest BCUT2D eigenvalue weighted by Gasteiger charge is 2.21. The molecule has 172 valence electrons. The number of benzene rings is 1. The number of hydrogen-bond donors (Lipinski definition) is 1. The number of carbonyl (C=O) groups excluding carboxylic acids is 1. The monoisotopic (exact) mass is 455 g/mol. The van der Waals surface area contributed by atoms with Crippen molar-refractivity contribution in [2.45, 2.75) is 39.7 Å². The number of anilines is 1. The summed E-state index contributed by atoms with van der Waals surface area (Å²) in [6.07, 6.45) is 1.42. The summed E-state index contributed by atoms with van der Waals surface area (Å²) >= 11 is 0. The number of aryl methyl sites for hydroxylation is 1. The lowest BCUT2D eigenvalue weighted by Gasteiger charge is -2.25. The zero-order chi connectivity index (χ0) is 23.7. The fourth-order valence-electron chi connectivity index (χ4n) is 3.98. The molecule has 9 heteroatoms. The summed E-state index contributed by atoms with van der Waals surface area (Å²) in [5, 5.41) is 3.86. The van der Waals surface area contributed by atoms with E-state index in [0.717, 1.165) is 17.3 Å². The highest BCUT2D eigenvalue weighted by molar-refractivity contribution is 5.91. The first kappa shape index (κ1) is 22.7. The number of aromatic nitrogens is 3. The van der Waals surface area contributed by atoms with Crippen molar-refractivity contribution in [3.8, 4) is 0 Å². The van der Waals surface area contributed by atoms with Crippen molar-refractivity contribution in [1.82, 2.24) is 19.9 Å². The van der Waals surface area contributed by atoms with Gasteiger partial charge in [0.2, 0.25) is 5.91 Å². The predicted molar refractivity (Wildman–Crippen MR) is 120 cm³/mol. The van der Waals surface area contributed by atoms with Gasteiger partial charge in [0.15, 0.2) is 0 Å². The molecule has 0 saturated heterocycles. The molecule has 0 spiro atoms. The predicted octanol–water partition coefficient (Wildman–Crippen LogP) is 5.22. The fourth-order valence-corrected chi connectivity index (χ4v) is 3.98. The van der Waals surface area contributed by atoms with Crippen LogP contribution in [-0.2, 0) is 4.79 Å². The number of fused-ring (bicyclic) bond motifs is 1. The normalized spacial score (nSPS) is 15.0. The van der Waals surface area contributed by atoms with Gasteiger partial charge in [-0.05, 0) is 31.9 Å². The average Bonchev–Trinajstić information content (AvgIpc) is 2.78. The van der Waals surface area contributed by atoms with Crippen molar-refractivity contribution < 1.29 is 18.0 Å². The third kappa shape index (κ3) is 4.67. The molecule has 6 nitrogen and oxygen atoms in total. The fraction of sp³-hybridized carbons (Fsp3) is 0.333. The summed E-state index contributed by atoms with van der Waals surface area (Å²) in [5.74, 6) is 0.0800. The van der Waals surface area contributed by atoms with Crippen LogP contribution in [0.3, 0.4) is 0 Å². The van der Waals surface area contributed by atoms with Crippen LogP contribution in [0.1, 0.15) is 55.4 Å². The van der Waals surface area contributed by atoms with E-state index in [0.29, 0.717) is 42.1 Å². The summed E-state index contributed by atoms with van der Waals surface area (Å²) in [7, 11) is 0. The van der Waals surface area contributed by atoms with Gasteiger partial charge in [0.1, 0.15) is 17.5 Å². The van der Waals surface area contributed by atoms with E-state index in [9.17, 15) is 18.0 Å². The number of rotatable bonds is 5. The van der Waals surface area contributed by atoms with Crippen LogP contribution in [0.25, 0.3) is 16.5 Å². The maximum absolute atomic E-state index is 14.7. The van der Waals surface area contributed by atoms with Gasteiger partial charge in [0.05, 0.1) is 29.0 Å². The van der Waals surface area contributed by atoms with E-state index in [2.05, 4.69) is 20.3 Å². The summed E-state index contributed by atoms with van der Waals surface area (Å²) in [5.41, 5.74) is 1.89. The van der Waals surface area contributed by atoms with Crippen molar-refractivity contribution in [3.05, 3.63) is 65.0 Å². The van der Waals surface area contributed by atoms with E-state index in [1.807, 2.05) is 12.1 Å². The smallest absolute Gasteiger partial charge is 0.266 e. The van der Waals surface area contributed by atoms with E-state index >= 15 is 0 Å². The maximum atomic E-state index is 14.7. The Morgan fingerprint density at radius 1 is 1.21 bits per heavy atom. The highest BCUT2D eigenvalue weighted by Crippen LogP contribution is 2.31.